The molecule has 1 fully saturated rings. The molecule has 1 aliphatic rings. The first-order valence-corrected chi connectivity index (χ1v) is 8.99. The molecule has 1 N–H and O–H groups in total. The van der Waals surface area contributed by atoms with Crippen molar-refractivity contribution < 1.29 is 9.15 Å². The van der Waals surface area contributed by atoms with E-state index in [-0.39, 0.29) is 6.04 Å². The van der Waals surface area contributed by atoms with Gasteiger partial charge in [-0.25, -0.2) is 9.97 Å². The smallest absolute Gasteiger partial charge is 0.138 e. The average Bonchev–Trinajstić information content (AvgIpc) is 3.25. The molecule has 0 spiro atoms. The summed E-state index contributed by atoms with van der Waals surface area (Å²) in [6, 6.07) is 6.30. The van der Waals surface area contributed by atoms with Gasteiger partial charge in [0, 0.05) is 19.6 Å². The Hall–Kier alpha value is -1.96. The van der Waals surface area contributed by atoms with Crippen LogP contribution in [0.5, 0.6) is 0 Å². The maximum absolute atomic E-state index is 5.91. The quantitative estimate of drug-likeness (QED) is 0.767. The van der Waals surface area contributed by atoms with E-state index in [1.165, 1.54) is 0 Å². The highest BCUT2D eigenvalue weighted by atomic mass is 32.1. The van der Waals surface area contributed by atoms with E-state index in [0.717, 1.165) is 60.4 Å². The van der Waals surface area contributed by atoms with Crippen LogP contribution in [0.15, 0.2) is 34.3 Å². The number of nitrogens with zero attached hydrogens (tertiary/aromatic N) is 3. The molecule has 0 aliphatic carbocycles. The largest absolute Gasteiger partial charge is 0.465 e. The lowest BCUT2D eigenvalue weighted by Gasteiger charge is -2.33. The second-order valence-electron chi connectivity index (χ2n) is 5.86. The topological polar surface area (TPSA) is 63.4 Å². The molecule has 0 radical (unpaired) electrons. The number of anilines is 1. The van der Waals surface area contributed by atoms with E-state index in [9.17, 15) is 0 Å². The molecule has 4 heterocycles. The molecule has 1 atom stereocenters. The summed E-state index contributed by atoms with van der Waals surface area (Å²) in [6.45, 7) is 6.05. The van der Waals surface area contributed by atoms with E-state index >= 15 is 0 Å². The van der Waals surface area contributed by atoms with E-state index in [0.29, 0.717) is 0 Å². The third kappa shape index (κ3) is 3.15. The molecule has 0 amide bonds. The minimum atomic E-state index is 0.159. The van der Waals surface area contributed by atoms with Crippen molar-refractivity contribution in [3.05, 3.63) is 41.4 Å². The third-order valence-electron chi connectivity index (χ3n) is 4.30. The predicted octanol–water partition coefficient (Wildman–Crippen LogP) is 3.08. The van der Waals surface area contributed by atoms with Crippen LogP contribution in [0.25, 0.3) is 10.2 Å². The second kappa shape index (κ2) is 6.88. The predicted molar refractivity (Wildman–Crippen MR) is 94.5 cm³/mol. The van der Waals surface area contributed by atoms with Gasteiger partial charge in [-0.3, -0.25) is 4.90 Å². The Morgan fingerprint density at radius 1 is 1.25 bits per heavy atom. The molecule has 1 aliphatic heterocycles. The van der Waals surface area contributed by atoms with Gasteiger partial charge < -0.3 is 14.5 Å². The van der Waals surface area contributed by atoms with Gasteiger partial charge in [0.15, 0.2) is 0 Å². The van der Waals surface area contributed by atoms with Gasteiger partial charge in [-0.05, 0) is 30.5 Å². The van der Waals surface area contributed by atoms with Crippen LogP contribution in [0.3, 0.4) is 0 Å². The Morgan fingerprint density at radius 3 is 2.92 bits per heavy atom. The van der Waals surface area contributed by atoms with Gasteiger partial charge in [-0.2, -0.15) is 0 Å². The first-order chi connectivity index (χ1) is 11.8. The van der Waals surface area contributed by atoms with Crippen molar-refractivity contribution in [3.63, 3.8) is 0 Å². The van der Waals surface area contributed by atoms with Crippen LogP contribution in [-0.4, -0.2) is 47.7 Å². The van der Waals surface area contributed by atoms with Crippen LogP contribution in [0.4, 0.5) is 5.82 Å². The van der Waals surface area contributed by atoms with E-state index < -0.39 is 0 Å². The van der Waals surface area contributed by atoms with Gasteiger partial charge in [0.2, 0.25) is 0 Å². The Kier molecular flexibility index (Phi) is 4.46. The zero-order valence-corrected chi connectivity index (χ0v) is 14.4. The summed E-state index contributed by atoms with van der Waals surface area (Å²) in [5.74, 6) is 2.80. The van der Waals surface area contributed by atoms with Gasteiger partial charge in [-0.1, -0.05) is 0 Å². The van der Waals surface area contributed by atoms with Gasteiger partial charge in [0.05, 0.1) is 24.6 Å². The van der Waals surface area contributed by atoms with Crippen molar-refractivity contribution in [2.75, 3.05) is 38.2 Å². The number of ether oxygens (including phenoxy) is 1. The molecule has 0 saturated carbocycles. The lowest BCUT2D eigenvalue weighted by atomic mass is 10.1. The zero-order valence-electron chi connectivity index (χ0n) is 13.6. The summed E-state index contributed by atoms with van der Waals surface area (Å²) in [5, 5.41) is 6.60. The number of nitrogens with one attached hydrogen (secondary N) is 1. The van der Waals surface area contributed by atoms with Crippen molar-refractivity contribution in [1.29, 1.82) is 0 Å². The van der Waals surface area contributed by atoms with Crippen LogP contribution in [0.1, 0.15) is 17.6 Å². The number of aromatic nitrogens is 2. The first kappa shape index (κ1) is 15.6. The molecular weight excluding hydrogens is 324 g/mol. The molecule has 6 nitrogen and oxygen atoms in total. The fourth-order valence-electron chi connectivity index (χ4n) is 3.06. The van der Waals surface area contributed by atoms with Gasteiger partial charge in [0.25, 0.3) is 0 Å². The molecule has 3 aromatic heterocycles. The summed E-state index contributed by atoms with van der Waals surface area (Å²) in [7, 11) is 0. The van der Waals surface area contributed by atoms with Crippen LogP contribution >= 0.6 is 11.3 Å². The van der Waals surface area contributed by atoms with E-state index in [4.69, 9.17) is 9.15 Å². The molecule has 0 unspecified atom stereocenters. The fourth-order valence-corrected chi connectivity index (χ4v) is 3.79. The van der Waals surface area contributed by atoms with Crippen molar-refractivity contribution in [2.45, 2.75) is 13.0 Å². The third-order valence-corrected chi connectivity index (χ3v) is 5.12. The highest BCUT2D eigenvalue weighted by Gasteiger charge is 2.25. The highest BCUT2D eigenvalue weighted by molar-refractivity contribution is 7.16. The number of furan rings is 1. The fraction of sp³-hybridized carbons (Fsp3) is 0.412. The summed E-state index contributed by atoms with van der Waals surface area (Å²) < 4.78 is 11.4. The first-order valence-electron chi connectivity index (χ1n) is 8.11. The Balaban J connectivity index is 1.56. The Bertz CT molecular complexity index is 810. The average molecular weight is 344 g/mol. The van der Waals surface area contributed by atoms with Crippen LogP contribution in [0.2, 0.25) is 0 Å². The molecule has 7 heteroatoms. The van der Waals surface area contributed by atoms with E-state index in [2.05, 4.69) is 32.3 Å². The van der Waals surface area contributed by atoms with Crippen molar-refractivity contribution in [1.82, 2.24) is 14.9 Å². The lowest BCUT2D eigenvalue weighted by molar-refractivity contribution is 0.0143. The summed E-state index contributed by atoms with van der Waals surface area (Å²) >= 11 is 1.63. The van der Waals surface area contributed by atoms with Gasteiger partial charge in [-0.15, -0.1) is 11.3 Å². The molecule has 0 aromatic carbocycles. The molecular formula is C17H20N4O2S. The minimum absolute atomic E-state index is 0.159. The number of morpholine rings is 1. The molecule has 4 rings (SSSR count). The molecule has 126 valence electrons. The van der Waals surface area contributed by atoms with Crippen LogP contribution in [0, 0.1) is 6.92 Å². The molecule has 24 heavy (non-hydrogen) atoms. The monoisotopic (exact) mass is 344 g/mol. The van der Waals surface area contributed by atoms with Crippen molar-refractivity contribution in [2.24, 2.45) is 0 Å². The normalized spacial score (nSPS) is 17.2. The van der Waals surface area contributed by atoms with Crippen molar-refractivity contribution in [3.8, 4) is 0 Å². The molecule has 1 saturated heterocycles. The summed E-state index contributed by atoms with van der Waals surface area (Å²) in [5.41, 5.74) is 0. The number of hydrogen-bond donors (Lipinski definition) is 1. The standard InChI is InChI=1S/C17H20N4O2S/c1-12-2-3-15(23-12)14(21-5-7-22-8-6-21)10-18-16-13-4-9-24-17(13)20-11-19-16/h2-4,9,11,14H,5-8,10H2,1H3,(H,18,19,20)/t14-/m0/s1. The number of rotatable bonds is 5. The number of hydrogen-bond acceptors (Lipinski definition) is 7. The van der Waals surface area contributed by atoms with Gasteiger partial charge in [0.1, 0.15) is 28.5 Å². The maximum Gasteiger partial charge on any atom is 0.138 e. The highest BCUT2D eigenvalue weighted by Crippen LogP contribution is 2.27. The van der Waals surface area contributed by atoms with E-state index in [1.54, 1.807) is 17.7 Å². The van der Waals surface area contributed by atoms with Crippen molar-refractivity contribution >= 4 is 27.4 Å². The molecule has 3 aromatic rings. The summed E-state index contributed by atoms with van der Waals surface area (Å²) in [6.07, 6.45) is 1.61. The number of aryl methyl sites for hydroxylation is 1. The zero-order chi connectivity index (χ0) is 16.4. The second-order valence-corrected chi connectivity index (χ2v) is 6.75. The number of thiophene rings is 1. The number of fused-ring (bicyclic) bond motifs is 1. The summed E-state index contributed by atoms with van der Waals surface area (Å²) in [4.78, 5) is 12.1. The van der Waals surface area contributed by atoms with Crippen LogP contribution in [-0.2, 0) is 4.74 Å². The maximum atomic E-state index is 5.91. The Labute approximate surface area is 144 Å². The Morgan fingerprint density at radius 2 is 2.12 bits per heavy atom. The lowest BCUT2D eigenvalue weighted by Crippen LogP contribution is -2.41. The minimum Gasteiger partial charge on any atom is -0.465 e. The SMILES string of the molecule is Cc1ccc([C@H](CNc2ncnc3sccc23)N2CCOCC2)o1. The van der Waals surface area contributed by atoms with Gasteiger partial charge >= 0.3 is 0 Å². The van der Waals surface area contributed by atoms with Crippen LogP contribution < -0.4 is 5.32 Å². The molecule has 0 bridgehead atoms. The van der Waals surface area contributed by atoms with E-state index in [1.807, 2.05) is 18.4 Å².